The van der Waals surface area contributed by atoms with Crippen LogP contribution in [0, 0.1) is 6.92 Å². The van der Waals surface area contributed by atoms with Crippen LogP contribution in [0.3, 0.4) is 0 Å². The highest BCUT2D eigenvalue weighted by Gasteiger charge is 2.23. The Balaban J connectivity index is 2.44. The van der Waals surface area contributed by atoms with Crippen LogP contribution in [0.1, 0.15) is 23.6 Å². The summed E-state index contributed by atoms with van der Waals surface area (Å²) in [6.07, 6.45) is 2.22. The first-order valence-electron chi connectivity index (χ1n) is 5.69. The quantitative estimate of drug-likeness (QED) is 0.510. The summed E-state index contributed by atoms with van der Waals surface area (Å²) in [5.74, 6) is 0. The average Bonchev–Trinajstić information content (AvgIpc) is 2.65. The Morgan fingerprint density at radius 2 is 1.50 bits per heavy atom. The van der Waals surface area contributed by atoms with Crippen LogP contribution in [0.4, 0.5) is 0 Å². The smallest absolute Gasteiger partial charge is 0.00730 e. The molecule has 0 saturated carbocycles. The molecule has 0 atom stereocenters. The summed E-state index contributed by atoms with van der Waals surface area (Å²) >= 11 is 0. The van der Waals surface area contributed by atoms with Crippen molar-refractivity contribution in [1.82, 2.24) is 0 Å². The first kappa shape index (κ1) is 9.41. The van der Waals surface area contributed by atoms with Crippen molar-refractivity contribution >= 4 is 5.57 Å². The van der Waals surface area contributed by atoms with Crippen LogP contribution in [0.25, 0.3) is 16.7 Å². The molecule has 1 aliphatic carbocycles. The third kappa shape index (κ3) is 1.10. The Labute approximate surface area is 96.3 Å². The van der Waals surface area contributed by atoms with E-state index in [0.29, 0.717) is 0 Å². The molecule has 0 aliphatic heterocycles. The lowest BCUT2D eigenvalue weighted by molar-refractivity contribution is 1.44. The fraction of sp³-hybridized carbons (Fsp3) is 0.125. The molecule has 0 fully saturated rings. The topological polar surface area (TPSA) is 0 Å². The SMILES string of the molecule is C/C=C1/c2ccccc2-c2cccc(C)c21. The molecule has 0 radical (unpaired) electrons. The van der Waals surface area contributed by atoms with E-state index in [1.54, 1.807) is 0 Å². The average molecular weight is 206 g/mol. The molecule has 16 heavy (non-hydrogen) atoms. The van der Waals surface area contributed by atoms with Gasteiger partial charge in [-0.2, -0.15) is 0 Å². The number of aryl methyl sites for hydroxylation is 1. The number of hydrogen-bond donors (Lipinski definition) is 0. The zero-order valence-electron chi connectivity index (χ0n) is 9.62. The fourth-order valence-electron chi connectivity index (χ4n) is 2.64. The van der Waals surface area contributed by atoms with Gasteiger partial charge in [-0.05, 0) is 47.2 Å². The molecule has 0 unspecified atom stereocenters. The van der Waals surface area contributed by atoms with Crippen LogP contribution in [0.2, 0.25) is 0 Å². The van der Waals surface area contributed by atoms with E-state index < -0.39 is 0 Å². The lowest BCUT2D eigenvalue weighted by Gasteiger charge is -2.04. The van der Waals surface area contributed by atoms with Gasteiger partial charge in [0.15, 0.2) is 0 Å². The van der Waals surface area contributed by atoms with E-state index >= 15 is 0 Å². The van der Waals surface area contributed by atoms with Crippen molar-refractivity contribution in [3.8, 4) is 11.1 Å². The Bertz CT molecular complexity index is 589. The van der Waals surface area contributed by atoms with Crippen molar-refractivity contribution in [2.45, 2.75) is 13.8 Å². The molecule has 0 saturated heterocycles. The minimum Gasteiger partial charge on any atom is -0.0791 e. The van der Waals surface area contributed by atoms with Crippen molar-refractivity contribution in [3.63, 3.8) is 0 Å². The highest BCUT2D eigenvalue weighted by atomic mass is 14.3. The number of hydrogen-bond acceptors (Lipinski definition) is 0. The summed E-state index contributed by atoms with van der Waals surface area (Å²) in [6.45, 7) is 4.31. The maximum absolute atomic E-state index is 2.22. The first-order chi connectivity index (χ1) is 7.83. The van der Waals surface area contributed by atoms with Gasteiger partial charge in [0.05, 0.1) is 0 Å². The molecule has 2 aromatic carbocycles. The van der Waals surface area contributed by atoms with Crippen LogP contribution in [0.5, 0.6) is 0 Å². The Morgan fingerprint density at radius 3 is 2.25 bits per heavy atom. The van der Waals surface area contributed by atoms with E-state index in [4.69, 9.17) is 0 Å². The normalized spacial score (nSPS) is 15.0. The van der Waals surface area contributed by atoms with E-state index in [1.165, 1.54) is 33.4 Å². The molecule has 0 bridgehead atoms. The van der Waals surface area contributed by atoms with Gasteiger partial charge < -0.3 is 0 Å². The van der Waals surface area contributed by atoms with Crippen molar-refractivity contribution in [3.05, 3.63) is 65.2 Å². The van der Waals surface area contributed by atoms with Gasteiger partial charge in [-0.25, -0.2) is 0 Å². The van der Waals surface area contributed by atoms with Gasteiger partial charge in [0.1, 0.15) is 0 Å². The predicted molar refractivity (Wildman–Crippen MR) is 69.4 cm³/mol. The second-order valence-electron chi connectivity index (χ2n) is 4.25. The van der Waals surface area contributed by atoms with E-state index in [-0.39, 0.29) is 0 Å². The molecule has 2 aromatic rings. The molecule has 0 aromatic heterocycles. The van der Waals surface area contributed by atoms with Gasteiger partial charge >= 0.3 is 0 Å². The van der Waals surface area contributed by atoms with E-state index in [0.717, 1.165) is 0 Å². The maximum Gasteiger partial charge on any atom is -0.00730 e. The molecular weight excluding hydrogens is 192 g/mol. The number of benzene rings is 2. The van der Waals surface area contributed by atoms with Crippen molar-refractivity contribution < 1.29 is 0 Å². The Morgan fingerprint density at radius 1 is 0.812 bits per heavy atom. The molecule has 0 spiro atoms. The van der Waals surface area contributed by atoms with E-state index in [1.807, 2.05) is 0 Å². The largest absolute Gasteiger partial charge is 0.0791 e. The third-order valence-corrected chi connectivity index (χ3v) is 3.34. The second kappa shape index (κ2) is 3.34. The van der Waals surface area contributed by atoms with Crippen LogP contribution >= 0.6 is 0 Å². The summed E-state index contributed by atoms with van der Waals surface area (Å²) in [7, 11) is 0. The fourth-order valence-corrected chi connectivity index (χ4v) is 2.64. The molecular formula is C16H14. The molecule has 0 N–H and O–H groups in total. The standard InChI is InChI=1S/C16H14/c1-3-12-13-8-4-5-9-14(13)15-10-6-7-11(2)16(12)15/h3-10H,1-2H3/b12-3-. The number of rotatable bonds is 0. The first-order valence-corrected chi connectivity index (χ1v) is 5.69. The van der Waals surface area contributed by atoms with Crippen LogP contribution in [-0.4, -0.2) is 0 Å². The highest BCUT2D eigenvalue weighted by molar-refractivity contribution is 6.01. The van der Waals surface area contributed by atoms with Gasteiger partial charge in [0.25, 0.3) is 0 Å². The van der Waals surface area contributed by atoms with Crippen LogP contribution in [0.15, 0.2) is 48.5 Å². The summed E-state index contributed by atoms with van der Waals surface area (Å²) < 4.78 is 0. The van der Waals surface area contributed by atoms with Gasteiger partial charge in [0, 0.05) is 0 Å². The molecule has 0 heterocycles. The molecule has 0 nitrogen and oxygen atoms in total. The zero-order valence-corrected chi connectivity index (χ0v) is 9.62. The lowest BCUT2D eigenvalue weighted by Crippen LogP contribution is -1.84. The highest BCUT2D eigenvalue weighted by Crippen LogP contribution is 2.45. The predicted octanol–water partition coefficient (Wildman–Crippen LogP) is 4.43. The lowest BCUT2D eigenvalue weighted by atomic mass is 9.99. The van der Waals surface area contributed by atoms with Crippen molar-refractivity contribution in [2.75, 3.05) is 0 Å². The van der Waals surface area contributed by atoms with Gasteiger partial charge in [0.2, 0.25) is 0 Å². The maximum atomic E-state index is 2.22. The second-order valence-corrected chi connectivity index (χ2v) is 4.25. The summed E-state index contributed by atoms with van der Waals surface area (Å²) in [5, 5.41) is 0. The Kier molecular flexibility index (Phi) is 1.97. The molecule has 3 rings (SSSR count). The van der Waals surface area contributed by atoms with Crippen molar-refractivity contribution in [1.29, 1.82) is 0 Å². The van der Waals surface area contributed by atoms with Gasteiger partial charge in [-0.15, -0.1) is 0 Å². The third-order valence-electron chi connectivity index (χ3n) is 3.34. The molecule has 78 valence electrons. The molecule has 0 amide bonds. The summed E-state index contributed by atoms with van der Waals surface area (Å²) in [4.78, 5) is 0. The number of allylic oxidation sites excluding steroid dienone is 1. The summed E-state index contributed by atoms with van der Waals surface area (Å²) in [5.41, 5.74) is 8.27. The van der Waals surface area contributed by atoms with E-state index in [9.17, 15) is 0 Å². The monoisotopic (exact) mass is 206 g/mol. The number of fused-ring (bicyclic) bond motifs is 3. The Hall–Kier alpha value is -1.82. The van der Waals surface area contributed by atoms with Gasteiger partial charge in [-0.1, -0.05) is 48.5 Å². The summed E-state index contributed by atoms with van der Waals surface area (Å²) in [6, 6.07) is 15.2. The van der Waals surface area contributed by atoms with Crippen LogP contribution < -0.4 is 0 Å². The molecule has 1 aliphatic rings. The minimum atomic E-state index is 1.36. The van der Waals surface area contributed by atoms with Crippen LogP contribution in [-0.2, 0) is 0 Å². The minimum absolute atomic E-state index is 1.36. The van der Waals surface area contributed by atoms with Gasteiger partial charge in [-0.3, -0.25) is 0 Å². The van der Waals surface area contributed by atoms with Crippen molar-refractivity contribution in [2.24, 2.45) is 0 Å². The zero-order chi connectivity index (χ0) is 11.1. The van der Waals surface area contributed by atoms with E-state index in [2.05, 4.69) is 62.4 Å². The molecule has 0 heteroatoms.